The summed E-state index contributed by atoms with van der Waals surface area (Å²) in [4.78, 5) is 12.0. The van der Waals surface area contributed by atoms with Gasteiger partial charge in [-0.25, -0.2) is 4.39 Å². The minimum atomic E-state index is -0.378. The van der Waals surface area contributed by atoms with E-state index in [0.717, 1.165) is 12.8 Å². The third kappa shape index (κ3) is 4.89. The van der Waals surface area contributed by atoms with Crippen molar-refractivity contribution in [1.29, 1.82) is 0 Å². The molecule has 5 nitrogen and oxygen atoms in total. The van der Waals surface area contributed by atoms with Gasteiger partial charge in [-0.3, -0.25) is 4.79 Å². The van der Waals surface area contributed by atoms with Crippen molar-refractivity contribution in [3.8, 4) is 11.3 Å². The van der Waals surface area contributed by atoms with Crippen LogP contribution < -0.4 is 5.32 Å². The first-order valence-electron chi connectivity index (χ1n) is 7.53. The van der Waals surface area contributed by atoms with Crippen molar-refractivity contribution >= 4 is 5.91 Å². The van der Waals surface area contributed by atoms with Gasteiger partial charge in [-0.05, 0) is 30.4 Å². The van der Waals surface area contributed by atoms with Crippen molar-refractivity contribution in [2.45, 2.75) is 26.7 Å². The fourth-order valence-electron chi connectivity index (χ4n) is 2.10. The molecule has 1 amide bonds. The number of aliphatic hydroxyl groups is 1. The van der Waals surface area contributed by atoms with Crippen LogP contribution in [0, 0.1) is 11.2 Å². The topological polar surface area (TPSA) is 75.4 Å². The number of hydrogen-bond donors (Lipinski definition) is 2. The normalized spacial score (nSPS) is 11.5. The van der Waals surface area contributed by atoms with Crippen LogP contribution >= 0.6 is 0 Å². The van der Waals surface area contributed by atoms with Gasteiger partial charge >= 0.3 is 0 Å². The Morgan fingerprint density at radius 2 is 2.17 bits per heavy atom. The number of nitrogens with one attached hydrogen (secondary N) is 1. The molecule has 0 radical (unpaired) electrons. The molecule has 1 aromatic heterocycles. The molecule has 0 saturated heterocycles. The summed E-state index contributed by atoms with van der Waals surface area (Å²) in [6, 6.07) is 7.39. The molecule has 6 heteroatoms. The summed E-state index contributed by atoms with van der Waals surface area (Å²) in [7, 11) is 0. The van der Waals surface area contributed by atoms with Gasteiger partial charge in [0.2, 0.25) is 0 Å². The molecular formula is C17H21FN2O3. The number of nitrogens with zero attached hydrogens (tertiary/aromatic N) is 1. The molecular weight excluding hydrogens is 299 g/mol. The summed E-state index contributed by atoms with van der Waals surface area (Å²) in [5.41, 5.74) is 0.537. The summed E-state index contributed by atoms with van der Waals surface area (Å²) >= 11 is 0. The highest BCUT2D eigenvalue weighted by Crippen LogP contribution is 2.22. The zero-order valence-electron chi connectivity index (χ0n) is 13.3. The van der Waals surface area contributed by atoms with E-state index >= 15 is 0 Å². The monoisotopic (exact) mass is 320 g/mol. The first kappa shape index (κ1) is 17.1. The molecule has 0 fully saturated rings. The summed E-state index contributed by atoms with van der Waals surface area (Å²) in [6.45, 7) is 4.54. The highest BCUT2D eigenvalue weighted by molar-refractivity contribution is 5.93. The van der Waals surface area contributed by atoms with Crippen LogP contribution in [-0.4, -0.2) is 29.3 Å². The lowest BCUT2D eigenvalue weighted by Crippen LogP contribution is -2.26. The smallest absolute Gasteiger partial charge is 0.273 e. The van der Waals surface area contributed by atoms with Gasteiger partial charge in [0.05, 0.1) is 0 Å². The second-order valence-electron chi connectivity index (χ2n) is 6.27. The largest absolute Gasteiger partial charge is 0.396 e. The van der Waals surface area contributed by atoms with Gasteiger partial charge in [-0.1, -0.05) is 31.1 Å². The Morgan fingerprint density at radius 1 is 1.39 bits per heavy atom. The molecule has 0 atom stereocenters. The first-order chi connectivity index (χ1) is 10.9. The van der Waals surface area contributed by atoms with Crippen molar-refractivity contribution in [2.24, 2.45) is 5.41 Å². The molecule has 0 aliphatic carbocycles. The van der Waals surface area contributed by atoms with Crippen molar-refractivity contribution in [1.82, 2.24) is 10.5 Å². The molecule has 2 rings (SSSR count). The fourth-order valence-corrected chi connectivity index (χ4v) is 2.10. The van der Waals surface area contributed by atoms with Gasteiger partial charge in [0.15, 0.2) is 11.5 Å². The van der Waals surface area contributed by atoms with E-state index < -0.39 is 0 Å². The van der Waals surface area contributed by atoms with Crippen molar-refractivity contribution in [3.05, 3.63) is 41.8 Å². The standard InChI is InChI=1S/C17H21FN2O3/c1-17(2,11-21)7-4-8-19-16(22)14-10-15(23-20-14)12-5-3-6-13(18)9-12/h3,5-6,9-10,21H,4,7-8,11H2,1-2H3,(H,19,22). The average molecular weight is 320 g/mol. The predicted molar refractivity (Wildman–Crippen MR) is 84.3 cm³/mol. The molecule has 2 N–H and O–H groups in total. The number of amides is 1. The minimum absolute atomic E-state index is 0.112. The van der Waals surface area contributed by atoms with E-state index in [4.69, 9.17) is 4.52 Å². The summed E-state index contributed by atoms with van der Waals surface area (Å²) in [6.07, 6.45) is 1.56. The third-order valence-electron chi connectivity index (χ3n) is 3.60. The van der Waals surface area contributed by atoms with Crippen molar-refractivity contribution in [3.63, 3.8) is 0 Å². The molecule has 2 aromatic rings. The number of benzene rings is 1. The molecule has 0 saturated carbocycles. The summed E-state index contributed by atoms with van der Waals surface area (Å²) in [5, 5.41) is 15.6. The second-order valence-corrected chi connectivity index (χ2v) is 6.27. The molecule has 0 unspecified atom stereocenters. The van der Waals surface area contributed by atoms with Gasteiger partial charge in [-0.2, -0.15) is 0 Å². The van der Waals surface area contributed by atoms with Gasteiger partial charge in [0, 0.05) is 24.8 Å². The molecule has 0 bridgehead atoms. The molecule has 23 heavy (non-hydrogen) atoms. The number of aromatic nitrogens is 1. The van der Waals surface area contributed by atoms with Crippen LogP contribution in [0.2, 0.25) is 0 Å². The minimum Gasteiger partial charge on any atom is -0.396 e. The molecule has 0 aliphatic rings. The second kappa shape index (κ2) is 7.37. The summed E-state index contributed by atoms with van der Waals surface area (Å²) in [5.74, 6) is -0.370. The Balaban J connectivity index is 1.89. The molecule has 0 aliphatic heterocycles. The van der Waals surface area contributed by atoms with Crippen LogP contribution in [0.25, 0.3) is 11.3 Å². The quantitative estimate of drug-likeness (QED) is 0.769. The number of hydrogen-bond acceptors (Lipinski definition) is 4. The first-order valence-corrected chi connectivity index (χ1v) is 7.53. The SMILES string of the molecule is CC(C)(CO)CCCNC(=O)c1cc(-c2cccc(F)c2)on1. The third-order valence-corrected chi connectivity index (χ3v) is 3.60. The van der Waals surface area contributed by atoms with Crippen LogP contribution in [-0.2, 0) is 0 Å². The van der Waals surface area contributed by atoms with E-state index in [0.29, 0.717) is 17.9 Å². The highest BCUT2D eigenvalue weighted by atomic mass is 19.1. The van der Waals surface area contributed by atoms with E-state index in [9.17, 15) is 14.3 Å². The summed E-state index contributed by atoms with van der Waals surface area (Å²) < 4.78 is 18.3. The Labute approximate surface area is 134 Å². The van der Waals surface area contributed by atoms with E-state index in [1.54, 1.807) is 12.1 Å². The Hall–Kier alpha value is -2.21. The van der Waals surface area contributed by atoms with E-state index in [-0.39, 0.29) is 29.4 Å². The van der Waals surface area contributed by atoms with Crippen LogP contribution in [0.1, 0.15) is 37.2 Å². The van der Waals surface area contributed by atoms with Gasteiger partial charge in [-0.15, -0.1) is 0 Å². The van der Waals surface area contributed by atoms with Crippen LogP contribution in [0.15, 0.2) is 34.9 Å². The van der Waals surface area contributed by atoms with Crippen LogP contribution in [0.3, 0.4) is 0 Å². The van der Waals surface area contributed by atoms with Gasteiger partial charge in [0.1, 0.15) is 5.82 Å². The van der Waals surface area contributed by atoms with Gasteiger partial charge < -0.3 is 14.9 Å². The zero-order valence-corrected chi connectivity index (χ0v) is 13.3. The van der Waals surface area contributed by atoms with Crippen LogP contribution in [0.5, 0.6) is 0 Å². The van der Waals surface area contributed by atoms with Crippen molar-refractivity contribution < 1.29 is 18.8 Å². The number of carbonyl (C=O) groups excluding carboxylic acids is 1. The highest BCUT2D eigenvalue weighted by Gasteiger charge is 2.17. The van der Waals surface area contributed by atoms with Gasteiger partial charge in [0.25, 0.3) is 5.91 Å². The molecule has 124 valence electrons. The molecule has 0 spiro atoms. The zero-order chi connectivity index (χ0) is 16.9. The number of aliphatic hydroxyl groups excluding tert-OH is 1. The maximum Gasteiger partial charge on any atom is 0.273 e. The van der Waals surface area contributed by atoms with E-state index in [2.05, 4.69) is 10.5 Å². The average Bonchev–Trinajstić information content (AvgIpc) is 3.01. The molecule has 1 heterocycles. The lowest BCUT2D eigenvalue weighted by atomic mass is 9.89. The predicted octanol–water partition coefficient (Wildman–Crippen LogP) is 3.01. The Morgan fingerprint density at radius 3 is 2.87 bits per heavy atom. The lowest BCUT2D eigenvalue weighted by Gasteiger charge is -2.20. The number of carbonyl (C=O) groups is 1. The van der Waals surface area contributed by atoms with Crippen LogP contribution in [0.4, 0.5) is 4.39 Å². The lowest BCUT2D eigenvalue weighted by molar-refractivity contribution is 0.0939. The number of rotatable bonds is 7. The van der Waals surface area contributed by atoms with E-state index in [1.165, 1.54) is 18.2 Å². The maximum atomic E-state index is 13.2. The van der Waals surface area contributed by atoms with E-state index in [1.807, 2.05) is 13.8 Å². The Bertz CT molecular complexity index is 667. The number of halogens is 1. The maximum absolute atomic E-state index is 13.2. The molecule has 1 aromatic carbocycles. The van der Waals surface area contributed by atoms with Crippen molar-refractivity contribution in [2.75, 3.05) is 13.2 Å². The fraction of sp³-hybridized carbons (Fsp3) is 0.412. The Kier molecular flexibility index (Phi) is 5.50.